The molecule has 0 bridgehead atoms. The van der Waals surface area contributed by atoms with Crippen molar-refractivity contribution in [3.8, 4) is 5.75 Å². The maximum Gasteiger partial charge on any atom is 0.320 e. The van der Waals surface area contributed by atoms with E-state index in [1.807, 2.05) is 43.3 Å². The van der Waals surface area contributed by atoms with Crippen LogP contribution in [0.25, 0.3) is 0 Å². The highest BCUT2D eigenvalue weighted by Gasteiger charge is 2.05. The molecule has 0 aliphatic rings. The summed E-state index contributed by atoms with van der Waals surface area (Å²) in [5.41, 5.74) is 1.96. The summed E-state index contributed by atoms with van der Waals surface area (Å²) in [5.74, 6) is 1.28. The van der Waals surface area contributed by atoms with E-state index in [1.54, 1.807) is 13.3 Å². The van der Waals surface area contributed by atoms with Gasteiger partial charge in [-0.3, -0.25) is 5.32 Å². The Morgan fingerprint density at radius 1 is 1.30 bits per heavy atom. The lowest BCUT2D eigenvalue weighted by Gasteiger charge is -2.10. The van der Waals surface area contributed by atoms with Gasteiger partial charge in [-0.15, -0.1) is 0 Å². The first-order chi connectivity index (χ1) is 9.69. The number of carbonyl (C=O) groups excluding carboxylic acids is 1. The molecule has 1 aromatic heterocycles. The van der Waals surface area contributed by atoms with Gasteiger partial charge in [0.2, 0.25) is 0 Å². The predicted octanol–water partition coefficient (Wildman–Crippen LogP) is 2.72. The summed E-state index contributed by atoms with van der Waals surface area (Å²) in [4.78, 5) is 15.9. The Labute approximate surface area is 118 Å². The van der Waals surface area contributed by atoms with Gasteiger partial charge in [0.05, 0.1) is 7.11 Å². The Balaban J connectivity index is 1.92. The normalized spacial score (nSPS) is 9.90. The molecule has 2 N–H and O–H groups in total. The summed E-state index contributed by atoms with van der Waals surface area (Å²) in [6.07, 6.45) is 1.66. The molecule has 1 aromatic carbocycles. The van der Waals surface area contributed by atoms with Gasteiger partial charge in [-0.25, -0.2) is 9.78 Å². The van der Waals surface area contributed by atoms with Crippen molar-refractivity contribution in [1.82, 2.24) is 10.3 Å². The number of hydrogen-bond acceptors (Lipinski definition) is 3. The Morgan fingerprint density at radius 2 is 2.10 bits per heavy atom. The molecule has 2 aromatic rings. The van der Waals surface area contributed by atoms with E-state index >= 15 is 0 Å². The van der Waals surface area contributed by atoms with E-state index in [-0.39, 0.29) is 6.03 Å². The molecule has 5 heteroatoms. The molecule has 0 saturated heterocycles. The van der Waals surface area contributed by atoms with Gasteiger partial charge in [-0.2, -0.15) is 0 Å². The molecule has 1 heterocycles. The summed E-state index contributed by atoms with van der Waals surface area (Å²) in [6.45, 7) is 2.33. The first-order valence-corrected chi connectivity index (χ1v) is 6.28. The number of pyridine rings is 1. The summed E-state index contributed by atoms with van der Waals surface area (Å²) >= 11 is 0. The average Bonchev–Trinajstić information content (AvgIpc) is 2.45. The van der Waals surface area contributed by atoms with Crippen molar-refractivity contribution in [2.75, 3.05) is 12.4 Å². The second-order valence-electron chi connectivity index (χ2n) is 4.34. The molecule has 0 aliphatic heterocycles. The zero-order valence-electron chi connectivity index (χ0n) is 11.5. The molecule has 0 radical (unpaired) electrons. The Morgan fingerprint density at radius 3 is 2.85 bits per heavy atom. The summed E-state index contributed by atoms with van der Waals surface area (Å²) in [6, 6.07) is 10.9. The number of aromatic nitrogens is 1. The largest absolute Gasteiger partial charge is 0.496 e. The standard InChI is InChI=1S/C15H17N3O2/c1-11-7-8-16-14(9-11)18-15(19)17-10-12-5-3-4-6-13(12)20-2/h3-9H,10H2,1-2H3,(H2,16,17,18,19). The number of aryl methyl sites for hydroxylation is 1. The predicted molar refractivity (Wildman–Crippen MR) is 77.8 cm³/mol. The minimum Gasteiger partial charge on any atom is -0.496 e. The molecule has 5 nitrogen and oxygen atoms in total. The van der Waals surface area contributed by atoms with Gasteiger partial charge in [0.25, 0.3) is 0 Å². The molecule has 0 aliphatic carbocycles. The first kappa shape index (κ1) is 13.9. The van der Waals surface area contributed by atoms with Crippen LogP contribution < -0.4 is 15.4 Å². The Hall–Kier alpha value is -2.56. The number of hydrogen-bond donors (Lipinski definition) is 2. The van der Waals surface area contributed by atoms with Gasteiger partial charge in [-0.05, 0) is 30.7 Å². The maximum atomic E-state index is 11.8. The third-order valence-electron chi connectivity index (χ3n) is 2.79. The van der Waals surface area contributed by atoms with E-state index < -0.39 is 0 Å². The topological polar surface area (TPSA) is 63.2 Å². The van der Waals surface area contributed by atoms with Crippen molar-refractivity contribution in [2.45, 2.75) is 13.5 Å². The molecule has 0 fully saturated rings. The quantitative estimate of drug-likeness (QED) is 0.898. The van der Waals surface area contributed by atoms with Crippen molar-refractivity contribution in [1.29, 1.82) is 0 Å². The van der Waals surface area contributed by atoms with Crippen LogP contribution in [-0.4, -0.2) is 18.1 Å². The maximum absolute atomic E-state index is 11.8. The second-order valence-corrected chi connectivity index (χ2v) is 4.34. The fourth-order valence-electron chi connectivity index (χ4n) is 1.79. The zero-order chi connectivity index (χ0) is 14.4. The molecule has 2 rings (SSSR count). The molecule has 0 atom stereocenters. The van der Waals surface area contributed by atoms with Gasteiger partial charge < -0.3 is 10.1 Å². The number of urea groups is 1. The Kier molecular flexibility index (Phi) is 4.55. The SMILES string of the molecule is COc1ccccc1CNC(=O)Nc1cc(C)ccn1. The average molecular weight is 271 g/mol. The van der Waals surface area contributed by atoms with Crippen LogP contribution in [0.4, 0.5) is 10.6 Å². The van der Waals surface area contributed by atoms with Crippen molar-refractivity contribution >= 4 is 11.8 Å². The highest BCUT2D eigenvalue weighted by atomic mass is 16.5. The van der Waals surface area contributed by atoms with Crippen molar-refractivity contribution in [3.63, 3.8) is 0 Å². The number of carbonyl (C=O) groups is 1. The lowest BCUT2D eigenvalue weighted by Crippen LogP contribution is -2.28. The third kappa shape index (κ3) is 3.71. The van der Waals surface area contributed by atoms with Crippen LogP contribution in [0.2, 0.25) is 0 Å². The molecular weight excluding hydrogens is 254 g/mol. The fourth-order valence-corrected chi connectivity index (χ4v) is 1.79. The number of anilines is 1. The van der Waals surface area contributed by atoms with Gasteiger partial charge in [0, 0.05) is 18.3 Å². The van der Waals surface area contributed by atoms with Crippen molar-refractivity contribution < 1.29 is 9.53 Å². The van der Waals surface area contributed by atoms with E-state index in [0.29, 0.717) is 12.4 Å². The van der Waals surface area contributed by atoms with E-state index in [4.69, 9.17) is 4.74 Å². The van der Waals surface area contributed by atoms with Gasteiger partial charge >= 0.3 is 6.03 Å². The van der Waals surface area contributed by atoms with Crippen LogP contribution >= 0.6 is 0 Å². The van der Waals surface area contributed by atoms with Crippen LogP contribution in [0, 0.1) is 6.92 Å². The minimum atomic E-state index is -0.297. The highest BCUT2D eigenvalue weighted by molar-refractivity contribution is 5.88. The van der Waals surface area contributed by atoms with Crippen LogP contribution in [0.5, 0.6) is 5.75 Å². The fraction of sp³-hybridized carbons (Fsp3) is 0.200. The van der Waals surface area contributed by atoms with E-state index in [2.05, 4.69) is 15.6 Å². The lowest BCUT2D eigenvalue weighted by atomic mass is 10.2. The number of para-hydroxylation sites is 1. The van der Waals surface area contributed by atoms with E-state index in [9.17, 15) is 4.79 Å². The molecule has 0 saturated carbocycles. The van der Waals surface area contributed by atoms with E-state index in [1.165, 1.54) is 0 Å². The van der Waals surface area contributed by atoms with Crippen molar-refractivity contribution in [3.05, 3.63) is 53.7 Å². The van der Waals surface area contributed by atoms with Gasteiger partial charge in [0.15, 0.2) is 0 Å². The molecule has 0 unspecified atom stereocenters. The zero-order valence-corrected chi connectivity index (χ0v) is 11.5. The van der Waals surface area contributed by atoms with Crippen LogP contribution in [0.1, 0.15) is 11.1 Å². The Bertz CT molecular complexity index is 599. The number of rotatable bonds is 4. The van der Waals surface area contributed by atoms with Crippen LogP contribution in [0.15, 0.2) is 42.6 Å². The minimum absolute atomic E-state index is 0.297. The van der Waals surface area contributed by atoms with Crippen LogP contribution in [-0.2, 0) is 6.54 Å². The third-order valence-corrected chi connectivity index (χ3v) is 2.79. The molecule has 20 heavy (non-hydrogen) atoms. The monoisotopic (exact) mass is 271 g/mol. The number of methoxy groups -OCH3 is 1. The molecule has 104 valence electrons. The number of nitrogens with one attached hydrogen (secondary N) is 2. The second kappa shape index (κ2) is 6.56. The molecule has 0 spiro atoms. The summed E-state index contributed by atoms with van der Waals surface area (Å²) in [7, 11) is 1.61. The van der Waals surface area contributed by atoms with E-state index in [0.717, 1.165) is 16.9 Å². The number of ether oxygens (including phenoxy) is 1. The highest BCUT2D eigenvalue weighted by Crippen LogP contribution is 2.16. The lowest BCUT2D eigenvalue weighted by molar-refractivity contribution is 0.251. The summed E-state index contributed by atoms with van der Waals surface area (Å²) < 4.78 is 5.23. The van der Waals surface area contributed by atoms with Gasteiger partial charge in [0.1, 0.15) is 11.6 Å². The molecular formula is C15H17N3O2. The number of benzene rings is 1. The smallest absolute Gasteiger partial charge is 0.320 e. The number of amides is 2. The van der Waals surface area contributed by atoms with Crippen molar-refractivity contribution in [2.24, 2.45) is 0 Å². The van der Waals surface area contributed by atoms with Crippen LogP contribution in [0.3, 0.4) is 0 Å². The van der Waals surface area contributed by atoms with Gasteiger partial charge in [-0.1, -0.05) is 18.2 Å². The summed E-state index contributed by atoms with van der Waals surface area (Å²) in [5, 5.41) is 5.46. The number of nitrogens with zero attached hydrogens (tertiary/aromatic N) is 1. The molecule has 2 amide bonds. The first-order valence-electron chi connectivity index (χ1n) is 6.28.